The van der Waals surface area contributed by atoms with Crippen molar-refractivity contribution in [3.05, 3.63) is 64.6 Å². The Morgan fingerprint density at radius 1 is 1.19 bits per heavy atom. The zero-order valence-corrected chi connectivity index (χ0v) is 15.8. The number of esters is 1. The molecule has 1 aromatic heterocycles. The van der Waals surface area contributed by atoms with Gasteiger partial charge in [0.15, 0.2) is 12.3 Å². The van der Waals surface area contributed by atoms with E-state index in [0.717, 1.165) is 5.56 Å². The van der Waals surface area contributed by atoms with Crippen molar-refractivity contribution in [3.63, 3.8) is 0 Å². The highest BCUT2D eigenvalue weighted by Gasteiger charge is 2.16. The maximum absolute atomic E-state index is 12.1. The molecule has 2 aromatic carbocycles. The van der Waals surface area contributed by atoms with Crippen LogP contribution in [0.25, 0.3) is 10.6 Å². The number of nitrogens with zero attached hydrogens (tertiary/aromatic N) is 1. The second kappa shape index (κ2) is 8.66. The van der Waals surface area contributed by atoms with E-state index in [2.05, 4.69) is 10.3 Å². The van der Waals surface area contributed by atoms with Crippen molar-refractivity contribution >= 4 is 40.5 Å². The maximum atomic E-state index is 12.1. The van der Waals surface area contributed by atoms with E-state index in [-0.39, 0.29) is 5.69 Å². The minimum Gasteiger partial charge on any atom is -0.495 e. The summed E-state index contributed by atoms with van der Waals surface area (Å²) < 4.78 is 10.2. The lowest BCUT2D eigenvalue weighted by Crippen LogP contribution is -2.21. The lowest BCUT2D eigenvalue weighted by Gasteiger charge is -2.10. The van der Waals surface area contributed by atoms with Crippen molar-refractivity contribution in [1.82, 2.24) is 4.98 Å². The van der Waals surface area contributed by atoms with Crippen LogP contribution in [0, 0.1) is 0 Å². The molecule has 0 radical (unpaired) electrons. The first-order chi connectivity index (χ1) is 13.1. The molecule has 1 amide bonds. The highest BCUT2D eigenvalue weighted by molar-refractivity contribution is 7.13. The Morgan fingerprint density at radius 3 is 2.70 bits per heavy atom. The Kier molecular flexibility index (Phi) is 6.05. The minimum atomic E-state index is -0.665. The van der Waals surface area contributed by atoms with Crippen LogP contribution >= 0.6 is 22.9 Å². The monoisotopic (exact) mass is 402 g/mol. The van der Waals surface area contributed by atoms with E-state index >= 15 is 0 Å². The van der Waals surface area contributed by atoms with E-state index in [0.29, 0.717) is 21.5 Å². The summed E-state index contributed by atoms with van der Waals surface area (Å²) in [7, 11) is 1.48. The van der Waals surface area contributed by atoms with E-state index in [9.17, 15) is 9.59 Å². The Hall–Kier alpha value is -2.90. The molecule has 0 atom stereocenters. The summed E-state index contributed by atoms with van der Waals surface area (Å²) in [5.74, 6) is -0.727. The van der Waals surface area contributed by atoms with E-state index < -0.39 is 18.5 Å². The third kappa shape index (κ3) is 4.84. The second-order valence-corrected chi connectivity index (χ2v) is 6.67. The topological polar surface area (TPSA) is 77.5 Å². The lowest BCUT2D eigenvalue weighted by molar-refractivity contribution is -0.119. The van der Waals surface area contributed by atoms with E-state index in [4.69, 9.17) is 21.1 Å². The zero-order chi connectivity index (χ0) is 19.2. The molecule has 138 valence electrons. The van der Waals surface area contributed by atoms with Crippen LogP contribution in [0.5, 0.6) is 5.75 Å². The van der Waals surface area contributed by atoms with Gasteiger partial charge in [-0.25, -0.2) is 9.78 Å². The highest BCUT2D eigenvalue weighted by atomic mass is 35.5. The van der Waals surface area contributed by atoms with Crippen molar-refractivity contribution in [2.24, 2.45) is 0 Å². The molecule has 0 unspecified atom stereocenters. The van der Waals surface area contributed by atoms with Gasteiger partial charge in [-0.1, -0.05) is 41.9 Å². The summed E-state index contributed by atoms with van der Waals surface area (Å²) in [6.45, 7) is -0.452. The van der Waals surface area contributed by atoms with Crippen LogP contribution in [-0.2, 0) is 9.53 Å². The average Bonchev–Trinajstić information content (AvgIpc) is 3.17. The Balaban J connectivity index is 1.59. The van der Waals surface area contributed by atoms with Gasteiger partial charge in [-0.05, 0) is 18.2 Å². The van der Waals surface area contributed by atoms with Crippen LogP contribution in [-0.4, -0.2) is 30.6 Å². The fourth-order valence-electron chi connectivity index (χ4n) is 2.25. The van der Waals surface area contributed by atoms with E-state index in [1.54, 1.807) is 23.6 Å². The molecule has 8 heteroatoms. The third-order valence-electron chi connectivity index (χ3n) is 3.50. The predicted molar refractivity (Wildman–Crippen MR) is 104 cm³/mol. The van der Waals surface area contributed by atoms with Crippen molar-refractivity contribution in [2.45, 2.75) is 0 Å². The normalized spacial score (nSPS) is 10.3. The number of halogens is 1. The van der Waals surface area contributed by atoms with Crippen LogP contribution in [0.1, 0.15) is 10.5 Å². The number of carbonyl (C=O) groups excluding carboxylic acids is 2. The standard InChI is InChI=1S/C19H15ClN2O4S/c1-25-16-8-7-13(20)9-14(16)21-17(23)10-26-19(24)15-11-27-18(22-15)12-5-3-2-4-6-12/h2-9,11H,10H2,1H3,(H,21,23). The van der Waals surface area contributed by atoms with Gasteiger partial charge >= 0.3 is 5.97 Å². The molecule has 0 spiro atoms. The molecule has 27 heavy (non-hydrogen) atoms. The number of anilines is 1. The number of aromatic nitrogens is 1. The number of amides is 1. The summed E-state index contributed by atoms with van der Waals surface area (Å²) in [4.78, 5) is 28.4. The molecule has 1 N–H and O–H groups in total. The molecule has 0 saturated carbocycles. The first-order valence-corrected chi connectivity index (χ1v) is 9.14. The zero-order valence-electron chi connectivity index (χ0n) is 14.3. The number of thiazole rings is 1. The average molecular weight is 403 g/mol. The number of rotatable bonds is 6. The number of carbonyl (C=O) groups is 2. The van der Waals surface area contributed by atoms with Crippen molar-refractivity contribution < 1.29 is 19.1 Å². The first-order valence-electron chi connectivity index (χ1n) is 7.88. The fourth-order valence-corrected chi connectivity index (χ4v) is 3.22. The molecule has 3 rings (SSSR count). The SMILES string of the molecule is COc1ccc(Cl)cc1NC(=O)COC(=O)c1csc(-c2ccccc2)n1. The van der Waals surface area contributed by atoms with E-state index in [1.165, 1.54) is 18.4 Å². The third-order valence-corrected chi connectivity index (χ3v) is 4.63. The molecule has 0 aliphatic rings. The van der Waals surface area contributed by atoms with Gasteiger partial charge in [0.05, 0.1) is 12.8 Å². The van der Waals surface area contributed by atoms with Gasteiger partial charge in [0.25, 0.3) is 5.91 Å². The van der Waals surface area contributed by atoms with Crippen molar-refractivity contribution in [2.75, 3.05) is 19.0 Å². The van der Waals surface area contributed by atoms with Crippen LogP contribution in [0.4, 0.5) is 5.69 Å². The number of hydrogen-bond donors (Lipinski definition) is 1. The maximum Gasteiger partial charge on any atom is 0.358 e. The summed E-state index contributed by atoms with van der Waals surface area (Å²) in [6, 6.07) is 14.3. The van der Waals surface area contributed by atoms with Gasteiger partial charge in [-0.15, -0.1) is 11.3 Å². The van der Waals surface area contributed by atoms with Crippen LogP contribution < -0.4 is 10.1 Å². The van der Waals surface area contributed by atoms with Gasteiger partial charge in [0, 0.05) is 16.0 Å². The molecule has 3 aromatic rings. The summed E-state index contributed by atoms with van der Waals surface area (Å²) in [6.07, 6.45) is 0. The van der Waals surface area contributed by atoms with Gasteiger partial charge in [-0.2, -0.15) is 0 Å². The van der Waals surface area contributed by atoms with Gasteiger partial charge in [0.2, 0.25) is 0 Å². The molecule has 6 nitrogen and oxygen atoms in total. The Labute approximate surface area is 164 Å². The largest absolute Gasteiger partial charge is 0.495 e. The first kappa shape index (κ1) is 18.9. The number of nitrogens with one attached hydrogen (secondary N) is 1. The second-order valence-electron chi connectivity index (χ2n) is 5.37. The van der Waals surface area contributed by atoms with Crippen molar-refractivity contribution in [3.8, 4) is 16.3 Å². The smallest absolute Gasteiger partial charge is 0.358 e. The minimum absolute atomic E-state index is 0.159. The number of methoxy groups -OCH3 is 1. The van der Waals surface area contributed by atoms with Crippen LogP contribution in [0.2, 0.25) is 5.02 Å². The summed E-state index contributed by atoms with van der Waals surface area (Å²) in [5.41, 5.74) is 1.46. The fraction of sp³-hybridized carbons (Fsp3) is 0.105. The van der Waals surface area contributed by atoms with Crippen LogP contribution in [0.15, 0.2) is 53.9 Å². The molecule has 0 aliphatic carbocycles. The molecular formula is C19H15ClN2O4S. The number of hydrogen-bond acceptors (Lipinski definition) is 6. The van der Waals surface area contributed by atoms with Gasteiger partial charge < -0.3 is 14.8 Å². The van der Waals surface area contributed by atoms with Crippen LogP contribution in [0.3, 0.4) is 0 Å². The van der Waals surface area contributed by atoms with Gasteiger partial charge in [-0.3, -0.25) is 4.79 Å². The Morgan fingerprint density at radius 2 is 1.96 bits per heavy atom. The lowest BCUT2D eigenvalue weighted by atomic mass is 10.2. The summed E-state index contributed by atoms with van der Waals surface area (Å²) in [5, 5.41) is 5.34. The summed E-state index contributed by atoms with van der Waals surface area (Å²) >= 11 is 7.25. The predicted octanol–water partition coefficient (Wildman–Crippen LogP) is 4.27. The molecule has 1 heterocycles. The molecular weight excluding hydrogens is 388 g/mol. The van der Waals surface area contributed by atoms with Gasteiger partial charge in [0.1, 0.15) is 10.8 Å². The van der Waals surface area contributed by atoms with E-state index in [1.807, 2.05) is 30.3 Å². The van der Waals surface area contributed by atoms with Crippen molar-refractivity contribution in [1.29, 1.82) is 0 Å². The molecule has 0 saturated heterocycles. The number of ether oxygens (including phenoxy) is 2. The molecule has 0 aliphatic heterocycles. The quantitative estimate of drug-likeness (QED) is 0.623. The molecule has 0 bridgehead atoms. The Bertz CT molecular complexity index is 959. The molecule has 0 fully saturated rings. The highest BCUT2D eigenvalue weighted by Crippen LogP contribution is 2.27. The number of benzene rings is 2.